The number of carbonyl (C=O) groups excluding carboxylic acids is 1. The molecule has 29 heavy (non-hydrogen) atoms. The lowest BCUT2D eigenvalue weighted by molar-refractivity contribution is -0.114. The van der Waals surface area contributed by atoms with Crippen molar-refractivity contribution in [2.45, 2.75) is 45.4 Å². The van der Waals surface area contributed by atoms with Crippen molar-refractivity contribution in [2.24, 2.45) is 4.99 Å². The van der Waals surface area contributed by atoms with Crippen LogP contribution in [-0.2, 0) is 35.5 Å². The minimum absolute atomic E-state index is 0.0649. The Balaban J connectivity index is 1.45. The number of amides is 1. The average Bonchev–Trinajstić information content (AvgIpc) is 3.10. The highest BCUT2D eigenvalue weighted by atomic mass is 16.5. The third-order valence-electron chi connectivity index (χ3n) is 4.72. The summed E-state index contributed by atoms with van der Waals surface area (Å²) in [5, 5.41) is 14.1. The number of anilines is 1. The number of methoxy groups -OCH3 is 1. The number of fused-ring (bicyclic) bond motifs is 1. The molecular weight excluding hydrogens is 370 g/mol. The van der Waals surface area contributed by atoms with Crippen LogP contribution in [0.1, 0.15) is 30.6 Å². The Morgan fingerprint density at radius 3 is 2.83 bits per heavy atom. The van der Waals surface area contributed by atoms with Gasteiger partial charge in [0.05, 0.1) is 6.54 Å². The van der Waals surface area contributed by atoms with Crippen molar-refractivity contribution in [1.29, 1.82) is 0 Å². The second kappa shape index (κ2) is 10.0. The Hall–Kier alpha value is -2.94. The molecule has 0 spiro atoms. The number of aromatic nitrogens is 3. The number of aliphatic imine (C=N–C) groups is 1. The summed E-state index contributed by atoms with van der Waals surface area (Å²) in [5.41, 5.74) is 2.00. The van der Waals surface area contributed by atoms with Gasteiger partial charge in [0.25, 0.3) is 0 Å². The lowest BCUT2D eigenvalue weighted by Crippen LogP contribution is -2.47. The highest BCUT2D eigenvalue weighted by molar-refractivity contribution is 5.88. The largest absolute Gasteiger partial charge is 0.377 e. The molecule has 2 aromatic rings. The summed E-state index contributed by atoms with van der Waals surface area (Å²) >= 11 is 0. The molecule has 1 aliphatic heterocycles. The summed E-state index contributed by atoms with van der Waals surface area (Å²) in [7, 11) is 3.43. The molecule has 1 aromatic heterocycles. The molecule has 0 radical (unpaired) electrons. The molecule has 0 saturated heterocycles. The second-order valence-corrected chi connectivity index (χ2v) is 7.07. The van der Waals surface area contributed by atoms with Crippen LogP contribution in [0.4, 0.5) is 5.69 Å². The van der Waals surface area contributed by atoms with Crippen LogP contribution in [0.25, 0.3) is 0 Å². The highest BCUT2D eigenvalue weighted by Crippen LogP contribution is 2.13. The van der Waals surface area contributed by atoms with Crippen LogP contribution in [0.15, 0.2) is 29.3 Å². The molecule has 3 rings (SSSR count). The van der Waals surface area contributed by atoms with E-state index in [1.54, 1.807) is 14.2 Å². The first kappa shape index (κ1) is 20.8. The van der Waals surface area contributed by atoms with Crippen LogP contribution >= 0.6 is 0 Å². The van der Waals surface area contributed by atoms with E-state index in [2.05, 4.69) is 31.0 Å². The van der Waals surface area contributed by atoms with Crippen molar-refractivity contribution < 1.29 is 9.53 Å². The van der Waals surface area contributed by atoms with Gasteiger partial charge in [-0.3, -0.25) is 9.79 Å². The Labute approximate surface area is 171 Å². The monoisotopic (exact) mass is 399 g/mol. The van der Waals surface area contributed by atoms with Gasteiger partial charge in [0.15, 0.2) is 11.8 Å². The molecule has 1 amide bonds. The molecule has 0 aliphatic carbocycles. The minimum Gasteiger partial charge on any atom is -0.377 e. The first-order valence-corrected chi connectivity index (χ1v) is 9.82. The number of benzene rings is 1. The Bertz CT molecular complexity index is 845. The van der Waals surface area contributed by atoms with E-state index in [1.165, 1.54) is 12.5 Å². The molecule has 3 N–H and O–H groups in total. The van der Waals surface area contributed by atoms with Crippen LogP contribution in [0.3, 0.4) is 0 Å². The first-order valence-electron chi connectivity index (χ1n) is 9.82. The highest BCUT2D eigenvalue weighted by Gasteiger charge is 2.22. The number of carbonyl (C=O) groups is 1. The number of hydrogen-bond acceptors (Lipinski definition) is 5. The number of hydrogen-bond donors (Lipinski definition) is 3. The van der Waals surface area contributed by atoms with Gasteiger partial charge in [-0.05, 0) is 30.5 Å². The summed E-state index contributed by atoms with van der Waals surface area (Å²) < 4.78 is 7.07. The maximum Gasteiger partial charge on any atom is 0.221 e. The minimum atomic E-state index is -0.0649. The van der Waals surface area contributed by atoms with Gasteiger partial charge in [0.1, 0.15) is 12.4 Å². The lowest BCUT2D eigenvalue weighted by Gasteiger charge is -2.25. The van der Waals surface area contributed by atoms with Crippen LogP contribution < -0.4 is 16.0 Å². The number of guanidine groups is 1. The zero-order valence-electron chi connectivity index (χ0n) is 17.2. The number of nitrogens with one attached hydrogen (secondary N) is 3. The van der Waals surface area contributed by atoms with E-state index in [0.717, 1.165) is 55.6 Å². The van der Waals surface area contributed by atoms with E-state index in [-0.39, 0.29) is 11.9 Å². The van der Waals surface area contributed by atoms with Gasteiger partial charge < -0.3 is 20.7 Å². The summed E-state index contributed by atoms with van der Waals surface area (Å²) in [6.07, 6.45) is 2.72. The fourth-order valence-electron chi connectivity index (χ4n) is 3.34. The number of ether oxygens (including phenoxy) is 1. The quantitative estimate of drug-likeness (QED) is 0.476. The second-order valence-electron chi connectivity index (χ2n) is 7.07. The SMILES string of the molecule is CN=C(NCCc1ccc(NC(C)=O)cc1)NC1CCc2nc(COC)nn2C1. The van der Waals surface area contributed by atoms with Gasteiger partial charge in [0, 0.05) is 45.8 Å². The molecule has 2 heterocycles. The van der Waals surface area contributed by atoms with E-state index in [4.69, 9.17) is 4.74 Å². The van der Waals surface area contributed by atoms with Gasteiger partial charge in [-0.15, -0.1) is 0 Å². The molecule has 1 unspecified atom stereocenters. The van der Waals surface area contributed by atoms with Crippen molar-refractivity contribution in [2.75, 3.05) is 26.0 Å². The Kier molecular flexibility index (Phi) is 7.18. The average molecular weight is 399 g/mol. The van der Waals surface area contributed by atoms with E-state index in [0.29, 0.717) is 6.61 Å². The molecule has 0 bridgehead atoms. The van der Waals surface area contributed by atoms with E-state index in [9.17, 15) is 4.79 Å². The topological polar surface area (TPSA) is 105 Å². The van der Waals surface area contributed by atoms with Crippen LogP contribution in [0.2, 0.25) is 0 Å². The lowest BCUT2D eigenvalue weighted by atomic mass is 10.1. The molecule has 9 heteroatoms. The van der Waals surface area contributed by atoms with Crippen molar-refractivity contribution in [1.82, 2.24) is 25.4 Å². The van der Waals surface area contributed by atoms with E-state index >= 15 is 0 Å². The van der Waals surface area contributed by atoms with Crippen molar-refractivity contribution in [3.05, 3.63) is 41.5 Å². The van der Waals surface area contributed by atoms with Crippen LogP contribution in [0.5, 0.6) is 0 Å². The molecule has 1 atom stereocenters. The standard InChI is InChI=1S/C20H29N7O2/c1-14(28)23-16-6-4-15(5-7-16)10-11-22-20(21-2)24-17-8-9-19-25-18(13-29-3)26-27(19)12-17/h4-7,17H,8-13H2,1-3H3,(H,23,28)(H2,21,22,24). The molecule has 0 fully saturated rings. The summed E-state index contributed by atoms with van der Waals surface area (Å²) in [5.74, 6) is 2.46. The predicted octanol–water partition coefficient (Wildman–Crippen LogP) is 1.11. The maximum absolute atomic E-state index is 11.1. The molecule has 156 valence electrons. The molecular formula is C20H29N7O2. The van der Waals surface area contributed by atoms with Crippen molar-refractivity contribution >= 4 is 17.6 Å². The normalized spacial score (nSPS) is 16.2. The number of nitrogens with zero attached hydrogens (tertiary/aromatic N) is 4. The summed E-state index contributed by atoms with van der Waals surface area (Å²) in [6.45, 7) is 3.47. The van der Waals surface area contributed by atoms with Crippen LogP contribution in [-0.4, -0.2) is 53.4 Å². The molecule has 1 aliphatic rings. The summed E-state index contributed by atoms with van der Waals surface area (Å²) in [4.78, 5) is 19.9. The molecule has 9 nitrogen and oxygen atoms in total. The Morgan fingerprint density at radius 2 is 2.14 bits per heavy atom. The fraction of sp³-hybridized carbons (Fsp3) is 0.500. The number of aryl methyl sites for hydroxylation is 1. The van der Waals surface area contributed by atoms with Gasteiger partial charge >= 0.3 is 0 Å². The van der Waals surface area contributed by atoms with Crippen molar-refractivity contribution in [3.63, 3.8) is 0 Å². The fourth-order valence-corrected chi connectivity index (χ4v) is 3.34. The van der Waals surface area contributed by atoms with Crippen LogP contribution in [0, 0.1) is 0 Å². The van der Waals surface area contributed by atoms with Gasteiger partial charge in [-0.2, -0.15) is 5.10 Å². The van der Waals surface area contributed by atoms with Gasteiger partial charge in [-0.25, -0.2) is 9.67 Å². The third-order valence-corrected chi connectivity index (χ3v) is 4.72. The van der Waals surface area contributed by atoms with Crippen molar-refractivity contribution in [3.8, 4) is 0 Å². The van der Waals surface area contributed by atoms with Gasteiger partial charge in [0.2, 0.25) is 5.91 Å². The van der Waals surface area contributed by atoms with E-state index in [1.807, 2.05) is 28.9 Å². The maximum atomic E-state index is 11.1. The smallest absolute Gasteiger partial charge is 0.221 e. The zero-order valence-corrected chi connectivity index (χ0v) is 17.2. The predicted molar refractivity (Wildman–Crippen MR) is 112 cm³/mol. The first-order chi connectivity index (χ1) is 14.1. The Morgan fingerprint density at radius 1 is 1.34 bits per heavy atom. The summed E-state index contributed by atoms with van der Waals surface area (Å²) in [6, 6.07) is 8.13. The molecule has 1 aromatic carbocycles. The third kappa shape index (κ3) is 6.02. The molecule has 0 saturated carbocycles. The number of rotatable bonds is 7. The van der Waals surface area contributed by atoms with E-state index < -0.39 is 0 Å². The van der Waals surface area contributed by atoms with Gasteiger partial charge in [-0.1, -0.05) is 12.1 Å². The zero-order chi connectivity index (χ0) is 20.6.